The van der Waals surface area contributed by atoms with Crippen LogP contribution in [0, 0.1) is 11.3 Å². The summed E-state index contributed by atoms with van der Waals surface area (Å²) in [5.74, 6) is 1.11. The summed E-state index contributed by atoms with van der Waals surface area (Å²) in [5.41, 5.74) is 1.17. The maximum absolute atomic E-state index is 9.24. The predicted octanol–water partition coefficient (Wildman–Crippen LogP) is 3.67. The van der Waals surface area contributed by atoms with E-state index in [1.54, 1.807) is 11.8 Å². The molecule has 1 atom stereocenters. The molecule has 1 heterocycles. The number of halogens is 1. The van der Waals surface area contributed by atoms with Crippen LogP contribution < -0.4 is 0 Å². The zero-order chi connectivity index (χ0) is 10.7. The van der Waals surface area contributed by atoms with Crippen molar-refractivity contribution >= 4 is 23.4 Å². The molecule has 1 aliphatic rings. The molecule has 78 valence electrons. The molecule has 0 radical (unpaired) electrons. The van der Waals surface area contributed by atoms with E-state index in [1.165, 1.54) is 5.56 Å². The van der Waals surface area contributed by atoms with E-state index < -0.39 is 0 Å². The van der Waals surface area contributed by atoms with E-state index in [1.807, 2.05) is 24.3 Å². The maximum Gasteiger partial charge on any atom is 0.106 e. The standard InChI is InChI=1S/C12H12ClNS/c13-11-4-1-3-10(7-11)8-12(9-14)5-2-6-15-12/h1,3-4,7H,2,5-6,8H2. The fourth-order valence-electron chi connectivity index (χ4n) is 1.94. The minimum absolute atomic E-state index is 0.204. The molecule has 1 fully saturated rings. The van der Waals surface area contributed by atoms with E-state index in [0.29, 0.717) is 0 Å². The molecular formula is C12H12ClNS. The summed E-state index contributed by atoms with van der Waals surface area (Å²) in [4.78, 5) is 0. The van der Waals surface area contributed by atoms with Gasteiger partial charge in [0.2, 0.25) is 0 Å². The Morgan fingerprint density at radius 1 is 1.53 bits per heavy atom. The van der Waals surface area contributed by atoms with Crippen molar-refractivity contribution in [2.24, 2.45) is 0 Å². The average Bonchev–Trinajstić information content (AvgIpc) is 2.67. The molecule has 0 saturated carbocycles. The molecule has 0 N–H and O–H groups in total. The topological polar surface area (TPSA) is 23.8 Å². The van der Waals surface area contributed by atoms with Crippen molar-refractivity contribution in [3.63, 3.8) is 0 Å². The Morgan fingerprint density at radius 3 is 3.00 bits per heavy atom. The lowest BCUT2D eigenvalue weighted by molar-refractivity contribution is 0.672. The fourth-order valence-corrected chi connectivity index (χ4v) is 3.46. The summed E-state index contributed by atoms with van der Waals surface area (Å²) in [6.07, 6.45) is 2.97. The molecule has 1 aliphatic heterocycles. The first-order valence-electron chi connectivity index (χ1n) is 5.04. The molecule has 0 amide bonds. The highest BCUT2D eigenvalue weighted by Crippen LogP contribution is 2.40. The largest absolute Gasteiger partial charge is 0.197 e. The van der Waals surface area contributed by atoms with Crippen molar-refractivity contribution in [3.05, 3.63) is 34.9 Å². The number of nitrogens with zero attached hydrogens (tertiary/aromatic N) is 1. The average molecular weight is 238 g/mol. The number of rotatable bonds is 2. The van der Waals surface area contributed by atoms with Crippen molar-refractivity contribution in [1.82, 2.24) is 0 Å². The van der Waals surface area contributed by atoms with Gasteiger partial charge >= 0.3 is 0 Å². The molecular weight excluding hydrogens is 226 g/mol. The Morgan fingerprint density at radius 2 is 2.40 bits per heavy atom. The van der Waals surface area contributed by atoms with Gasteiger partial charge < -0.3 is 0 Å². The van der Waals surface area contributed by atoms with Crippen LogP contribution >= 0.6 is 23.4 Å². The van der Waals surface area contributed by atoms with Gasteiger partial charge in [0.05, 0.1) is 6.07 Å². The normalized spacial score (nSPS) is 25.1. The van der Waals surface area contributed by atoms with Gasteiger partial charge in [0.25, 0.3) is 0 Å². The number of hydrogen-bond donors (Lipinski definition) is 0. The van der Waals surface area contributed by atoms with Gasteiger partial charge in [-0.05, 0) is 36.3 Å². The SMILES string of the molecule is N#CC1(Cc2cccc(Cl)c2)CCCS1. The Labute approximate surface area is 99.4 Å². The molecule has 15 heavy (non-hydrogen) atoms. The molecule has 1 aromatic rings. The van der Waals surface area contributed by atoms with Gasteiger partial charge in [-0.15, -0.1) is 11.8 Å². The minimum Gasteiger partial charge on any atom is -0.197 e. The van der Waals surface area contributed by atoms with Gasteiger partial charge in [-0.2, -0.15) is 5.26 Å². The van der Waals surface area contributed by atoms with E-state index in [9.17, 15) is 5.26 Å². The summed E-state index contributed by atoms with van der Waals surface area (Å²) in [6.45, 7) is 0. The van der Waals surface area contributed by atoms with Gasteiger partial charge in [0, 0.05) is 11.4 Å². The number of nitriles is 1. The van der Waals surface area contributed by atoms with Crippen LogP contribution in [0.4, 0.5) is 0 Å². The molecule has 0 spiro atoms. The fraction of sp³-hybridized carbons (Fsp3) is 0.417. The second-order valence-corrected chi connectivity index (χ2v) is 5.78. The second kappa shape index (κ2) is 4.47. The predicted molar refractivity (Wildman–Crippen MR) is 65.2 cm³/mol. The minimum atomic E-state index is -0.204. The van der Waals surface area contributed by atoms with Gasteiger partial charge in [0.1, 0.15) is 4.75 Å². The molecule has 0 bridgehead atoms. The van der Waals surface area contributed by atoms with E-state index in [4.69, 9.17) is 11.6 Å². The Bertz CT molecular complexity index is 391. The lowest BCUT2D eigenvalue weighted by Crippen LogP contribution is -2.21. The Hall–Kier alpha value is -0.650. The monoisotopic (exact) mass is 237 g/mol. The molecule has 3 heteroatoms. The third kappa shape index (κ3) is 2.48. The van der Waals surface area contributed by atoms with Crippen LogP contribution in [0.3, 0.4) is 0 Å². The van der Waals surface area contributed by atoms with Crippen LogP contribution in [-0.4, -0.2) is 10.5 Å². The zero-order valence-electron chi connectivity index (χ0n) is 8.37. The molecule has 2 rings (SSSR count). The summed E-state index contributed by atoms with van der Waals surface area (Å²) in [7, 11) is 0. The van der Waals surface area contributed by atoms with E-state index >= 15 is 0 Å². The van der Waals surface area contributed by atoms with Crippen LogP contribution in [0.1, 0.15) is 18.4 Å². The summed E-state index contributed by atoms with van der Waals surface area (Å²) < 4.78 is -0.204. The Balaban J connectivity index is 2.17. The van der Waals surface area contributed by atoms with Gasteiger partial charge in [-0.1, -0.05) is 23.7 Å². The highest BCUT2D eigenvalue weighted by atomic mass is 35.5. The smallest absolute Gasteiger partial charge is 0.106 e. The van der Waals surface area contributed by atoms with Crippen molar-refractivity contribution in [3.8, 4) is 6.07 Å². The lowest BCUT2D eigenvalue weighted by atomic mass is 9.96. The summed E-state index contributed by atoms with van der Waals surface area (Å²) in [5, 5.41) is 10.00. The van der Waals surface area contributed by atoms with Crippen molar-refractivity contribution in [2.45, 2.75) is 24.0 Å². The van der Waals surface area contributed by atoms with Crippen molar-refractivity contribution in [2.75, 3.05) is 5.75 Å². The van der Waals surface area contributed by atoms with Crippen LogP contribution in [0.25, 0.3) is 0 Å². The van der Waals surface area contributed by atoms with Crippen molar-refractivity contribution in [1.29, 1.82) is 5.26 Å². The highest BCUT2D eigenvalue weighted by molar-refractivity contribution is 8.01. The zero-order valence-corrected chi connectivity index (χ0v) is 9.94. The third-order valence-corrected chi connectivity index (χ3v) is 4.41. The molecule has 1 aromatic carbocycles. The van der Waals surface area contributed by atoms with Gasteiger partial charge in [-0.25, -0.2) is 0 Å². The molecule has 1 nitrogen and oxygen atoms in total. The van der Waals surface area contributed by atoms with Crippen LogP contribution in [-0.2, 0) is 6.42 Å². The van der Waals surface area contributed by atoms with Gasteiger partial charge in [-0.3, -0.25) is 0 Å². The quantitative estimate of drug-likeness (QED) is 0.784. The summed E-state index contributed by atoms with van der Waals surface area (Å²) in [6, 6.07) is 10.3. The van der Waals surface area contributed by atoms with Gasteiger partial charge in [0.15, 0.2) is 0 Å². The molecule has 1 unspecified atom stereocenters. The molecule has 0 aromatic heterocycles. The molecule has 1 saturated heterocycles. The first-order chi connectivity index (χ1) is 7.24. The lowest BCUT2D eigenvalue weighted by Gasteiger charge is -2.19. The molecule has 0 aliphatic carbocycles. The van der Waals surface area contributed by atoms with Crippen LogP contribution in [0.15, 0.2) is 24.3 Å². The van der Waals surface area contributed by atoms with E-state index in [2.05, 4.69) is 6.07 Å². The number of thioether (sulfide) groups is 1. The van der Waals surface area contributed by atoms with Crippen LogP contribution in [0.5, 0.6) is 0 Å². The highest BCUT2D eigenvalue weighted by Gasteiger charge is 2.34. The Kier molecular flexibility index (Phi) is 3.23. The van der Waals surface area contributed by atoms with Crippen molar-refractivity contribution < 1.29 is 0 Å². The van der Waals surface area contributed by atoms with E-state index in [0.717, 1.165) is 30.0 Å². The first-order valence-corrected chi connectivity index (χ1v) is 6.40. The maximum atomic E-state index is 9.24. The van der Waals surface area contributed by atoms with E-state index in [-0.39, 0.29) is 4.75 Å². The number of hydrogen-bond acceptors (Lipinski definition) is 2. The number of benzene rings is 1. The third-order valence-electron chi connectivity index (χ3n) is 2.69. The summed E-state index contributed by atoms with van der Waals surface area (Å²) >= 11 is 7.72. The van der Waals surface area contributed by atoms with Crippen LogP contribution in [0.2, 0.25) is 5.02 Å². The second-order valence-electron chi connectivity index (χ2n) is 3.86. The first kappa shape index (κ1) is 10.9.